The van der Waals surface area contributed by atoms with Crippen LogP contribution in [-0.2, 0) is 6.42 Å². The van der Waals surface area contributed by atoms with Crippen LogP contribution in [0.25, 0.3) is 0 Å². The summed E-state index contributed by atoms with van der Waals surface area (Å²) in [7, 11) is 0. The van der Waals surface area contributed by atoms with Crippen LogP contribution in [0.4, 0.5) is 4.39 Å². The third-order valence-corrected chi connectivity index (χ3v) is 4.16. The first-order chi connectivity index (χ1) is 9.20. The summed E-state index contributed by atoms with van der Waals surface area (Å²) in [5.74, 6) is 5.38. The van der Waals surface area contributed by atoms with Gasteiger partial charge in [-0.25, -0.2) is 4.39 Å². The highest BCUT2D eigenvalue weighted by Gasteiger charge is 2.14. The Hall–Kier alpha value is -1.23. The largest absolute Gasteiger partial charge is 0.271 e. The van der Waals surface area contributed by atoms with Gasteiger partial charge in [-0.3, -0.25) is 11.3 Å². The summed E-state index contributed by atoms with van der Waals surface area (Å²) >= 11 is 1.76. The normalized spacial score (nSPS) is 12.6. The standard InChI is InChI=1S/C15H19FN2S/c1-11-7-8-14(16)13(10-11)15(18-17)6-2-4-12-5-3-9-19-12/h3,5,7-10,15,18H,2,4,6,17H2,1H3. The molecule has 1 aromatic carbocycles. The van der Waals surface area contributed by atoms with Crippen molar-refractivity contribution in [2.75, 3.05) is 0 Å². The van der Waals surface area contributed by atoms with Gasteiger partial charge in [0.15, 0.2) is 0 Å². The summed E-state index contributed by atoms with van der Waals surface area (Å²) in [6.07, 6.45) is 2.83. The number of aryl methyl sites for hydroxylation is 2. The molecular weight excluding hydrogens is 259 g/mol. The predicted molar refractivity (Wildman–Crippen MR) is 78.5 cm³/mol. The smallest absolute Gasteiger partial charge is 0.128 e. The highest BCUT2D eigenvalue weighted by molar-refractivity contribution is 7.09. The minimum Gasteiger partial charge on any atom is -0.271 e. The molecule has 0 amide bonds. The van der Waals surface area contributed by atoms with Crippen molar-refractivity contribution in [3.63, 3.8) is 0 Å². The fourth-order valence-electron chi connectivity index (χ4n) is 2.19. The first kappa shape index (κ1) is 14.2. The van der Waals surface area contributed by atoms with E-state index in [2.05, 4.69) is 22.9 Å². The molecule has 1 heterocycles. The number of thiophene rings is 1. The molecule has 102 valence electrons. The lowest BCUT2D eigenvalue weighted by Crippen LogP contribution is -2.28. The van der Waals surface area contributed by atoms with Crippen LogP contribution < -0.4 is 11.3 Å². The second-order valence-corrected chi connectivity index (χ2v) is 5.75. The first-order valence-corrected chi connectivity index (χ1v) is 7.33. The van der Waals surface area contributed by atoms with E-state index in [1.54, 1.807) is 17.4 Å². The summed E-state index contributed by atoms with van der Waals surface area (Å²) in [5.41, 5.74) is 4.44. The maximum Gasteiger partial charge on any atom is 0.128 e. The lowest BCUT2D eigenvalue weighted by Gasteiger charge is -2.17. The Balaban J connectivity index is 1.97. The molecule has 0 aliphatic carbocycles. The van der Waals surface area contributed by atoms with Crippen LogP contribution in [-0.4, -0.2) is 0 Å². The minimum atomic E-state index is -0.190. The molecule has 0 radical (unpaired) electrons. The minimum absolute atomic E-state index is 0.125. The zero-order valence-corrected chi connectivity index (χ0v) is 11.8. The molecule has 2 aromatic rings. The van der Waals surface area contributed by atoms with Crippen molar-refractivity contribution in [2.45, 2.75) is 32.2 Å². The molecule has 0 spiro atoms. The lowest BCUT2D eigenvalue weighted by molar-refractivity contribution is 0.473. The Labute approximate surface area is 117 Å². The maximum atomic E-state index is 13.8. The molecule has 1 atom stereocenters. The molecule has 0 fully saturated rings. The van der Waals surface area contributed by atoms with Gasteiger partial charge in [0.1, 0.15) is 5.82 Å². The van der Waals surface area contributed by atoms with Gasteiger partial charge in [0, 0.05) is 16.5 Å². The second kappa shape index (κ2) is 6.80. The average molecular weight is 278 g/mol. The highest BCUT2D eigenvalue weighted by atomic mass is 32.1. The fourth-order valence-corrected chi connectivity index (χ4v) is 2.95. The van der Waals surface area contributed by atoms with E-state index < -0.39 is 0 Å². The van der Waals surface area contributed by atoms with E-state index in [0.717, 1.165) is 24.8 Å². The molecule has 0 aliphatic heterocycles. The van der Waals surface area contributed by atoms with Crippen LogP contribution in [0.15, 0.2) is 35.7 Å². The molecule has 0 bridgehead atoms. The monoisotopic (exact) mass is 278 g/mol. The summed E-state index contributed by atoms with van der Waals surface area (Å²) in [6, 6.07) is 9.21. The lowest BCUT2D eigenvalue weighted by atomic mass is 9.99. The van der Waals surface area contributed by atoms with Crippen molar-refractivity contribution in [2.24, 2.45) is 5.84 Å². The van der Waals surface area contributed by atoms with Gasteiger partial charge in [0.25, 0.3) is 0 Å². The topological polar surface area (TPSA) is 38.0 Å². The Bertz CT molecular complexity index is 511. The first-order valence-electron chi connectivity index (χ1n) is 6.45. The fraction of sp³-hybridized carbons (Fsp3) is 0.333. The SMILES string of the molecule is Cc1ccc(F)c(C(CCCc2cccs2)NN)c1. The maximum absolute atomic E-state index is 13.8. The Morgan fingerprint density at radius 2 is 2.21 bits per heavy atom. The average Bonchev–Trinajstić information content (AvgIpc) is 2.91. The summed E-state index contributed by atoms with van der Waals surface area (Å²) in [5, 5.41) is 2.08. The van der Waals surface area contributed by atoms with Crippen molar-refractivity contribution in [1.82, 2.24) is 5.43 Å². The van der Waals surface area contributed by atoms with Gasteiger partial charge < -0.3 is 0 Å². The predicted octanol–water partition coefficient (Wildman–Crippen LogP) is 3.72. The van der Waals surface area contributed by atoms with Gasteiger partial charge in [0.2, 0.25) is 0 Å². The molecule has 19 heavy (non-hydrogen) atoms. The van der Waals surface area contributed by atoms with Crippen molar-refractivity contribution in [1.29, 1.82) is 0 Å². The van der Waals surface area contributed by atoms with Crippen molar-refractivity contribution >= 4 is 11.3 Å². The van der Waals surface area contributed by atoms with E-state index in [0.29, 0.717) is 5.56 Å². The second-order valence-electron chi connectivity index (χ2n) is 4.72. The molecule has 4 heteroatoms. The molecular formula is C15H19FN2S. The van der Waals surface area contributed by atoms with Crippen LogP contribution in [0.1, 0.15) is 34.9 Å². The zero-order valence-electron chi connectivity index (χ0n) is 11.0. The van der Waals surface area contributed by atoms with E-state index in [1.807, 2.05) is 13.0 Å². The third-order valence-electron chi connectivity index (χ3n) is 3.22. The summed E-state index contributed by atoms with van der Waals surface area (Å²) in [6.45, 7) is 1.96. The molecule has 0 saturated heterocycles. The molecule has 2 rings (SSSR count). The zero-order chi connectivity index (χ0) is 13.7. The number of hydrogen-bond acceptors (Lipinski definition) is 3. The van der Waals surface area contributed by atoms with Gasteiger partial charge in [-0.2, -0.15) is 0 Å². The van der Waals surface area contributed by atoms with Crippen molar-refractivity contribution < 1.29 is 4.39 Å². The van der Waals surface area contributed by atoms with E-state index in [4.69, 9.17) is 5.84 Å². The summed E-state index contributed by atoms with van der Waals surface area (Å²) < 4.78 is 13.8. The summed E-state index contributed by atoms with van der Waals surface area (Å²) in [4.78, 5) is 1.36. The van der Waals surface area contributed by atoms with Crippen LogP contribution >= 0.6 is 11.3 Å². The van der Waals surface area contributed by atoms with Gasteiger partial charge in [-0.15, -0.1) is 11.3 Å². The molecule has 2 nitrogen and oxygen atoms in total. The quantitative estimate of drug-likeness (QED) is 0.624. The van der Waals surface area contributed by atoms with Gasteiger partial charge >= 0.3 is 0 Å². The molecule has 1 unspecified atom stereocenters. The number of benzene rings is 1. The van der Waals surface area contributed by atoms with Crippen LogP contribution in [0.2, 0.25) is 0 Å². The van der Waals surface area contributed by atoms with Crippen molar-refractivity contribution in [3.05, 3.63) is 57.5 Å². The highest BCUT2D eigenvalue weighted by Crippen LogP contribution is 2.23. The Morgan fingerprint density at radius 1 is 1.37 bits per heavy atom. The van der Waals surface area contributed by atoms with Crippen molar-refractivity contribution in [3.8, 4) is 0 Å². The van der Waals surface area contributed by atoms with Gasteiger partial charge in [0.05, 0.1) is 0 Å². The number of hydrazine groups is 1. The number of hydrogen-bond donors (Lipinski definition) is 2. The number of rotatable bonds is 6. The van der Waals surface area contributed by atoms with E-state index in [9.17, 15) is 4.39 Å². The third kappa shape index (κ3) is 3.86. The van der Waals surface area contributed by atoms with Crippen LogP contribution in [0.5, 0.6) is 0 Å². The van der Waals surface area contributed by atoms with Gasteiger partial charge in [-0.05, 0) is 43.7 Å². The van der Waals surface area contributed by atoms with E-state index >= 15 is 0 Å². The van der Waals surface area contributed by atoms with Crippen LogP contribution in [0, 0.1) is 12.7 Å². The van der Waals surface area contributed by atoms with Gasteiger partial charge in [-0.1, -0.05) is 23.8 Å². The number of nitrogens with one attached hydrogen (secondary N) is 1. The number of nitrogens with two attached hydrogens (primary N) is 1. The molecule has 0 saturated carbocycles. The number of halogens is 1. The Kier molecular flexibility index (Phi) is 5.07. The molecule has 0 aliphatic rings. The Morgan fingerprint density at radius 3 is 2.89 bits per heavy atom. The molecule has 3 N–H and O–H groups in total. The van der Waals surface area contributed by atoms with E-state index in [-0.39, 0.29) is 11.9 Å². The van der Waals surface area contributed by atoms with Crippen LogP contribution in [0.3, 0.4) is 0 Å². The molecule has 1 aromatic heterocycles. The van der Waals surface area contributed by atoms with E-state index in [1.165, 1.54) is 10.9 Å².